The van der Waals surface area contributed by atoms with Crippen molar-refractivity contribution in [2.45, 2.75) is 13.3 Å². The van der Waals surface area contributed by atoms with Gasteiger partial charge in [0.25, 0.3) is 5.91 Å². The van der Waals surface area contributed by atoms with Gasteiger partial charge in [0, 0.05) is 11.3 Å². The van der Waals surface area contributed by atoms with Crippen molar-refractivity contribution in [3.8, 4) is 0 Å². The standard InChI is InChI=1S/C17H16Cl2N2O2/c1-2-11-5-3-4-6-15(11)21-16(22)10-20-17(23)12-7-8-13(18)14(19)9-12/h3-9H,2,10H2,1H3,(H,20,23)(H,21,22). The molecule has 2 rings (SSSR count). The van der Waals surface area contributed by atoms with Gasteiger partial charge in [0.05, 0.1) is 16.6 Å². The number of halogens is 2. The van der Waals surface area contributed by atoms with E-state index < -0.39 is 0 Å². The van der Waals surface area contributed by atoms with Gasteiger partial charge in [-0.25, -0.2) is 0 Å². The predicted molar refractivity (Wildman–Crippen MR) is 93.2 cm³/mol. The van der Waals surface area contributed by atoms with E-state index in [1.807, 2.05) is 31.2 Å². The first kappa shape index (κ1) is 17.3. The van der Waals surface area contributed by atoms with Crippen LogP contribution in [0.3, 0.4) is 0 Å². The van der Waals surface area contributed by atoms with E-state index in [2.05, 4.69) is 10.6 Å². The van der Waals surface area contributed by atoms with Crippen molar-refractivity contribution < 1.29 is 9.59 Å². The van der Waals surface area contributed by atoms with Crippen molar-refractivity contribution in [1.82, 2.24) is 5.32 Å². The first-order chi connectivity index (χ1) is 11.0. The van der Waals surface area contributed by atoms with Crippen LogP contribution in [0, 0.1) is 0 Å². The molecular formula is C17H16Cl2N2O2. The smallest absolute Gasteiger partial charge is 0.251 e. The molecule has 6 heteroatoms. The van der Waals surface area contributed by atoms with Crippen LogP contribution >= 0.6 is 23.2 Å². The maximum Gasteiger partial charge on any atom is 0.251 e. The van der Waals surface area contributed by atoms with Crippen molar-refractivity contribution in [3.63, 3.8) is 0 Å². The number of carbonyl (C=O) groups excluding carboxylic acids is 2. The van der Waals surface area contributed by atoms with Gasteiger partial charge in [0.1, 0.15) is 0 Å². The third kappa shape index (κ3) is 4.71. The molecule has 2 N–H and O–H groups in total. The fraction of sp³-hybridized carbons (Fsp3) is 0.176. The summed E-state index contributed by atoms with van der Waals surface area (Å²) in [4.78, 5) is 24.0. The Morgan fingerprint density at radius 3 is 2.48 bits per heavy atom. The maximum atomic E-state index is 12.0. The first-order valence-corrected chi connectivity index (χ1v) is 7.88. The van der Waals surface area contributed by atoms with Crippen LogP contribution in [0.1, 0.15) is 22.8 Å². The van der Waals surface area contributed by atoms with E-state index in [0.717, 1.165) is 17.7 Å². The fourth-order valence-corrected chi connectivity index (χ4v) is 2.34. The van der Waals surface area contributed by atoms with Gasteiger partial charge in [-0.15, -0.1) is 0 Å². The SMILES string of the molecule is CCc1ccccc1NC(=O)CNC(=O)c1ccc(Cl)c(Cl)c1. The quantitative estimate of drug-likeness (QED) is 0.858. The summed E-state index contributed by atoms with van der Waals surface area (Å²) in [6, 6.07) is 12.1. The minimum atomic E-state index is -0.387. The van der Waals surface area contributed by atoms with E-state index in [1.165, 1.54) is 12.1 Å². The number of anilines is 1. The summed E-state index contributed by atoms with van der Waals surface area (Å²) in [6.07, 6.45) is 0.812. The lowest BCUT2D eigenvalue weighted by atomic mass is 10.1. The van der Waals surface area contributed by atoms with Gasteiger partial charge in [-0.05, 0) is 36.2 Å². The second-order valence-corrected chi connectivity index (χ2v) is 5.68. The van der Waals surface area contributed by atoms with E-state index in [9.17, 15) is 9.59 Å². The molecule has 0 fully saturated rings. The molecule has 0 aliphatic carbocycles. The summed E-state index contributed by atoms with van der Waals surface area (Å²) >= 11 is 11.7. The maximum absolute atomic E-state index is 12.0. The van der Waals surface area contributed by atoms with Gasteiger partial charge in [0.15, 0.2) is 0 Å². The first-order valence-electron chi connectivity index (χ1n) is 7.12. The highest BCUT2D eigenvalue weighted by molar-refractivity contribution is 6.42. The summed E-state index contributed by atoms with van der Waals surface area (Å²) in [5.74, 6) is -0.679. The Bertz CT molecular complexity index is 732. The zero-order valence-electron chi connectivity index (χ0n) is 12.5. The third-order valence-corrected chi connectivity index (χ3v) is 4.00. The summed E-state index contributed by atoms with van der Waals surface area (Å²) in [5.41, 5.74) is 2.14. The average molecular weight is 351 g/mol. The number of nitrogens with one attached hydrogen (secondary N) is 2. The highest BCUT2D eigenvalue weighted by Gasteiger charge is 2.11. The minimum Gasteiger partial charge on any atom is -0.343 e. The lowest BCUT2D eigenvalue weighted by Crippen LogP contribution is -2.33. The van der Waals surface area contributed by atoms with Crippen LogP contribution in [0.5, 0.6) is 0 Å². The van der Waals surface area contributed by atoms with Crippen molar-refractivity contribution in [2.75, 3.05) is 11.9 Å². The molecule has 2 amide bonds. The molecule has 23 heavy (non-hydrogen) atoms. The van der Waals surface area contributed by atoms with Crippen LogP contribution in [-0.4, -0.2) is 18.4 Å². The predicted octanol–water partition coefficient (Wildman–Crippen LogP) is 3.92. The van der Waals surface area contributed by atoms with Crippen LogP contribution < -0.4 is 10.6 Å². The van der Waals surface area contributed by atoms with Crippen LogP contribution in [0.4, 0.5) is 5.69 Å². The second-order valence-electron chi connectivity index (χ2n) is 4.87. The Hall–Kier alpha value is -2.04. The molecule has 120 valence electrons. The van der Waals surface area contributed by atoms with Gasteiger partial charge in [0.2, 0.25) is 5.91 Å². The Labute approximate surface area is 144 Å². The van der Waals surface area contributed by atoms with Crippen molar-refractivity contribution >= 4 is 40.7 Å². The molecule has 0 spiro atoms. The van der Waals surface area contributed by atoms with Gasteiger partial charge in [-0.3, -0.25) is 9.59 Å². The molecular weight excluding hydrogens is 335 g/mol. The number of hydrogen-bond donors (Lipinski definition) is 2. The summed E-state index contributed by atoms with van der Waals surface area (Å²) in [6.45, 7) is 1.88. The Kier molecular flexibility index (Phi) is 6.02. The summed E-state index contributed by atoms with van der Waals surface area (Å²) in [5, 5.41) is 6.00. The monoisotopic (exact) mass is 350 g/mol. The topological polar surface area (TPSA) is 58.2 Å². The van der Waals surface area contributed by atoms with E-state index in [4.69, 9.17) is 23.2 Å². The van der Waals surface area contributed by atoms with E-state index in [1.54, 1.807) is 6.07 Å². The molecule has 0 atom stereocenters. The molecule has 0 saturated heterocycles. The molecule has 2 aromatic rings. The highest BCUT2D eigenvalue weighted by Crippen LogP contribution is 2.22. The molecule has 0 unspecified atom stereocenters. The minimum absolute atomic E-state index is 0.128. The normalized spacial score (nSPS) is 10.2. The number of hydrogen-bond acceptors (Lipinski definition) is 2. The molecule has 0 heterocycles. The number of amides is 2. The number of carbonyl (C=O) groups is 2. The Morgan fingerprint density at radius 2 is 1.78 bits per heavy atom. The molecule has 0 aliphatic heterocycles. The van der Waals surface area contributed by atoms with Gasteiger partial charge in [-0.1, -0.05) is 48.3 Å². The molecule has 4 nitrogen and oxygen atoms in total. The number of benzene rings is 2. The van der Waals surface area contributed by atoms with Gasteiger partial charge < -0.3 is 10.6 Å². The Balaban J connectivity index is 1.93. The van der Waals surface area contributed by atoms with Crippen molar-refractivity contribution in [1.29, 1.82) is 0 Å². The summed E-state index contributed by atoms with van der Waals surface area (Å²) in [7, 11) is 0. The lowest BCUT2D eigenvalue weighted by Gasteiger charge is -2.10. The van der Waals surface area contributed by atoms with E-state index in [-0.39, 0.29) is 18.4 Å². The van der Waals surface area contributed by atoms with Crippen molar-refractivity contribution in [2.24, 2.45) is 0 Å². The van der Waals surface area contributed by atoms with E-state index in [0.29, 0.717) is 15.6 Å². The molecule has 0 aromatic heterocycles. The van der Waals surface area contributed by atoms with Gasteiger partial charge >= 0.3 is 0 Å². The molecule has 0 saturated carbocycles. The third-order valence-electron chi connectivity index (χ3n) is 3.26. The highest BCUT2D eigenvalue weighted by atomic mass is 35.5. The van der Waals surface area contributed by atoms with Crippen molar-refractivity contribution in [3.05, 3.63) is 63.6 Å². The van der Waals surface area contributed by atoms with Crippen LogP contribution in [-0.2, 0) is 11.2 Å². The summed E-state index contributed by atoms with van der Waals surface area (Å²) < 4.78 is 0. The van der Waals surface area contributed by atoms with Gasteiger partial charge in [-0.2, -0.15) is 0 Å². The fourth-order valence-electron chi connectivity index (χ4n) is 2.04. The average Bonchev–Trinajstić information content (AvgIpc) is 2.55. The van der Waals surface area contributed by atoms with Crippen LogP contribution in [0.2, 0.25) is 10.0 Å². The zero-order chi connectivity index (χ0) is 16.8. The largest absolute Gasteiger partial charge is 0.343 e. The molecule has 0 aliphatic rings. The molecule has 2 aromatic carbocycles. The zero-order valence-corrected chi connectivity index (χ0v) is 14.0. The van der Waals surface area contributed by atoms with E-state index >= 15 is 0 Å². The molecule has 0 bridgehead atoms. The second kappa shape index (κ2) is 7.99. The number of para-hydroxylation sites is 1. The van der Waals surface area contributed by atoms with Crippen LogP contribution in [0.15, 0.2) is 42.5 Å². The Morgan fingerprint density at radius 1 is 1.04 bits per heavy atom. The van der Waals surface area contributed by atoms with Crippen LogP contribution in [0.25, 0.3) is 0 Å². The number of aryl methyl sites for hydroxylation is 1. The number of rotatable bonds is 5. The lowest BCUT2D eigenvalue weighted by molar-refractivity contribution is -0.115. The molecule has 0 radical (unpaired) electrons.